The van der Waals surface area contributed by atoms with Crippen molar-refractivity contribution in [3.8, 4) is 0 Å². The van der Waals surface area contributed by atoms with Crippen LogP contribution < -0.4 is 11.1 Å². The lowest BCUT2D eigenvalue weighted by atomic mass is 10.2. The molecule has 5 heteroatoms. The summed E-state index contributed by atoms with van der Waals surface area (Å²) >= 11 is 0. The second kappa shape index (κ2) is 8.31. The molecule has 0 spiro atoms. The number of nitrogens with zero attached hydrogens (tertiary/aromatic N) is 2. The van der Waals surface area contributed by atoms with E-state index in [0.29, 0.717) is 18.6 Å². The third-order valence-electron chi connectivity index (χ3n) is 3.13. The zero-order valence-electron chi connectivity index (χ0n) is 11.1. The van der Waals surface area contributed by atoms with Crippen LogP contribution in [0, 0.1) is 0 Å². The Balaban J connectivity index is 2.17. The van der Waals surface area contributed by atoms with Gasteiger partial charge in [0.1, 0.15) is 0 Å². The molecule has 17 heavy (non-hydrogen) atoms. The number of likely N-dealkylation sites (tertiary alicyclic amines) is 1. The standard InChI is InChI=1S/C12H26N4O/c1-3-16-8-5-6-11(16)10-15-12(13)14-7-9-17-4-2/h11H,3-10H2,1-2H3,(H3,13,14,15). The Hall–Kier alpha value is -0.810. The Labute approximate surface area is 104 Å². The van der Waals surface area contributed by atoms with Crippen molar-refractivity contribution in [2.45, 2.75) is 32.7 Å². The van der Waals surface area contributed by atoms with E-state index >= 15 is 0 Å². The van der Waals surface area contributed by atoms with E-state index in [2.05, 4.69) is 22.1 Å². The van der Waals surface area contributed by atoms with Crippen molar-refractivity contribution < 1.29 is 4.74 Å². The SMILES string of the molecule is CCOCCNC(N)=NCC1CCCN1CC. The number of rotatable bonds is 7. The van der Waals surface area contributed by atoms with Crippen LogP contribution in [-0.2, 0) is 4.74 Å². The maximum atomic E-state index is 5.79. The molecule has 1 aliphatic rings. The zero-order valence-corrected chi connectivity index (χ0v) is 11.1. The van der Waals surface area contributed by atoms with E-state index in [1.165, 1.54) is 19.4 Å². The Morgan fingerprint density at radius 1 is 1.53 bits per heavy atom. The molecule has 1 unspecified atom stereocenters. The fraction of sp³-hybridized carbons (Fsp3) is 0.917. The number of nitrogens with two attached hydrogens (primary N) is 1. The van der Waals surface area contributed by atoms with Crippen molar-refractivity contribution in [1.29, 1.82) is 0 Å². The minimum absolute atomic E-state index is 0.535. The largest absolute Gasteiger partial charge is 0.380 e. The quantitative estimate of drug-likeness (QED) is 0.386. The summed E-state index contributed by atoms with van der Waals surface area (Å²) < 4.78 is 5.21. The van der Waals surface area contributed by atoms with E-state index in [9.17, 15) is 0 Å². The van der Waals surface area contributed by atoms with Crippen LogP contribution in [0.25, 0.3) is 0 Å². The minimum atomic E-state index is 0.535. The number of hydrogen-bond acceptors (Lipinski definition) is 3. The summed E-state index contributed by atoms with van der Waals surface area (Å²) in [7, 11) is 0. The molecule has 0 saturated carbocycles. The van der Waals surface area contributed by atoms with Gasteiger partial charge in [0, 0.05) is 19.2 Å². The predicted octanol–water partition coefficient (Wildman–Crippen LogP) is 0.412. The summed E-state index contributed by atoms with van der Waals surface area (Å²) in [5, 5.41) is 3.06. The van der Waals surface area contributed by atoms with Crippen LogP contribution >= 0.6 is 0 Å². The molecule has 0 amide bonds. The van der Waals surface area contributed by atoms with Crippen molar-refractivity contribution in [3.05, 3.63) is 0 Å². The number of hydrogen-bond donors (Lipinski definition) is 2. The number of aliphatic imine (C=N–C) groups is 1. The van der Waals surface area contributed by atoms with Gasteiger partial charge in [-0.2, -0.15) is 0 Å². The first-order valence-corrected chi connectivity index (χ1v) is 6.63. The van der Waals surface area contributed by atoms with Gasteiger partial charge < -0.3 is 15.8 Å². The summed E-state index contributed by atoms with van der Waals surface area (Å²) in [5.41, 5.74) is 5.79. The first-order valence-electron chi connectivity index (χ1n) is 6.63. The van der Waals surface area contributed by atoms with E-state index in [-0.39, 0.29) is 0 Å². The van der Waals surface area contributed by atoms with Crippen molar-refractivity contribution >= 4 is 5.96 Å². The number of likely N-dealkylation sites (N-methyl/N-ethyl adjacent to an activating group) is 1. The van der Waals surface area contributed by atoms with E-state index in [0.717, 1.165) is 26.2 Å². The molecule has 0 radical (unpaired) electrons. The molecule has 100 valence electrons. The van der Waals surface area contributed by atoms with Crippen molar-refractivity contribution in [2.75, 3.05) is 39.4 Å². The Bertz CT molecular complexity index is 233. The highest BCUT2D eigenvalue weighted by molar-refractivity contribution is 5.77. The van der Waals surface area contributed by atoms with E-state index in [1.54, 1.807) is 0 Å². The van der Waals surface area contributed by atoms with Gasteiger partial charge in [0.15, 0.2) is 5.96 Å². The molecule has 5 nitrogen and oxygen atoms in total. The third kappa shape index (κ3) is 5.37. The van der Waals surface area contributed by atoms with Gasteiger partial charge in [-0.25, -0.2) is 0 Å². The molecule has 1 fully saturated rings. The second-order valence-electron chi connectivity index (χ2n) is 4.27. The smallest absolute Gasteiger partial charge is 0.188 e. The molecule has 3 N–H and O–H groups in total. The fourth-order valence-corrected chi connectivity index (χ4v) is 2.17. The van der Waals surface area contributed by atoms with Crippen LogP contribution in [0.1, 0.15) is 26.7 Å². The maximum absolute atomic E-state index is 5.79. The monoisotopic (exact) mass is 242 g/mol. The van der Waals surface area contributed by atoms with Gasteiger partial charge in [-0.15, -0.1) is 0 Å². The van der Waals surface area contributed by atoms with E-state index in [1.807, 2.05) is 6.92 Å². The van der Waals surface area contributed by atoms with Crippen LogP contribution in [0.2, 0.25) is 0 Å². The average molecular weight is 242 g/mol. The van der Waals surface area contributed by atoms with Gasteiger partial charge in [-0.3, -0.25) is 9.89 Å². The molecule has 1 rings (SSSR count). The van der Waals surface area contributed by atoms with Crippen LogP contribution in [-0.4, -0.2) is 56.3 Å². The average Bonchev–Trinajstić information content (AvgIpc) is 2.79. The zero-order chi connectivity index (χ0) is 12.5. The second-order valence-corrected chi connectivity index (χ2v) is 4.27. The summed E-state index contributed by atoms with van der Waals surface area (Å²) in [6, 6.07) is 0.576. The Morgan fingerprint density at radius 3 is 3.06 bits per heavy atom. The number of nitrogens with one attached hydrogen (secondary N) is 1. The van der Waals surface area contributed by atoms with Gasteiger partial charge in [0.2, 0.25) is 0 Å². The topological polar surface area (TPSA) is 62.9 Å². The van der Waals surface area contributed by atoms with Crippen molar-refractivity contribution in [2.24, 2.45) is 10.7 Å². The number of ether oxygens (including phenoxy) is 1. The van der Waals surface area contributed by atoms with Gasteiger partial charge in [0.25, 0.3) is 0 Å². The molecule has 0 bridgehead atoms. The molecule has 1 aliphatic heterocycles. The first kappa shape index (κ1) is 14.3. The van der Waals surface area contributed by atoms with Gasteiger partial charge >= 0.3 is 0 Å². The summed E-state index contributed by atoms with van der Waals surface area (Å²) in [5.74, 6) is 0.535. The van der Waals surface area contributed by atoms with Crippen LogP contribution in [0.5, 0.6) is 0 Å². The summed E-state index contributed by atoms with van der Waals surface area (Å²) in [4.78, 5) is 6.86. The highest BCUT2D eigenvalue weighted by atomic mass is 16.5. The third-order valence-corrected chi connectivity index (χ3v) is 3.13. The highest BCUT2D eigenvalue weighted by Gasteiger charge is 2.22. The van der Waals surface area contributed by atoms with Crippen LogP contribution in [0.3, 0.4) is 0 Å². The Morgan fingerprint density at radius 2 is 2.35 bits per heavy atom. The summed E-state index contributed by atoms with van der Waals surface area (Å²) in [6.07, 6.45) is 2.52. The maximum Gasteiger partial charge on any atom is 0.188 e. The minimum Gasteiger partial charge on any atom is -0.380 e. The lowest BCUT2D eigenvalue weighted by Gasteiger charge is -2.20. The molecule has 1 atom stereocenters. The lowest BCUT2D eigenvalue weighted by Crippen LogP contribution is -2.37. The van der Waals surface area contributed by atoms with Gasteiger partial charge in [-0.05, 0) is 32.9 Å². The molecule has 1 heterocycles. The number of guanidine groups is 1. The molecular weight excluding hydrogens is 216 g/mol. The molecule has 0 aliphatic carbocycles. The van der Waals surface area contributed by atoms with E-state index in [4.69, 9.17) is 10.5 Å². The van der Waals surface area contributed by atoms with Crippen LogP contribution in [0.15, 0.2) is 4.99 Å². The van der Waals surface area contributed by atoms with Gasteiger partial charge in [0.05, 0.1) is 13.2 Å². The predicted molar refractivity (Wildman–Crippen MR) is 71.3 cm³/mol. The van der Waals surface area contributed by atoms with Crippen molar-refractivity contribution in [1.82, 2.24) is 10.2 Å². The first-order chi connectivity index (χ1) is 8.27. The molecule has 0 aromatic carbocycles. The van der Waals surface area contributed by atoms with Gasteiger partial charge in [-0.1, -0.05) is 6.92 Å². The highest BCUT2D eigenvalue weighted by Crippen LogP contribution is 2.16. The molecule has 0 aromatic heterocycles. The van der Waals surface area contributed by atoms with E-state index < -0.39 is 0 Å². The normalized spacial score (nSPS) is 22.0. The summed E-state index contributed by atoms with van der Waals surface area (Å²) in [6.45, 7) is 9.45. The molecule has 1 saturated heterocycles. The molecule has 0 aromatic rings. The lowest BCUT2D eigenvalue weighted by molar-refractivity contribution is 0.152. The van der Waals surface area contributed by atoms with Crippen molar-refractivity contribution in [3.63, 3.8) is 0 Å². The Kier molecular flexibility index (Phi) is 6.96. The van der Waals surface area contributed by atoms with Crippen LogP contribution in [0.4, 0.5) is 0 Å². The molecular formula is C12H26N4O. The fourth-order valence-electron chi connectivity index (χ4n) is 2.17.